The predicted octanol–water partition coefficient (Wildman–Crippen LogP) is 3.70. The molecule has 0 unspecified atom stereocenters. The molecule has 1 aliphatic heterocycles. The average Bonchev–Trinajstić information content (AvgIpc) is 2.73. The fraction of sp³-hybridized carbons (Fsp3) is 0.304. The molecule has 2 aromatic carbocycles. The number of carbonyl (C=O) groups excluding carboxylic acids is 2. The number of nitrogens with zero attached hydrogens (tertiary/aromatic N) is 1. The lowest BCUT2D eigenvalue weighted by molar-refractivity contribution is -0.132. The van der Waals surface area contributed by atoms with Crippen LogP contribution in [0.15, 0.2) is 54.6 Å². The summed E-state index contributed by atoms with van der Waals surface area (Å²) in [4.78, 5) is 26.5. The number of amides is 2. The normalized spacial score (nSPS) is 15.0. The smallest absolute Gasteiger partial charge is 0.246 e. The van der Waals surface area contributed by atoms with Gasteiger partial charge in [-0.2, -0.15) is 0 Å². The van der Waals surface area contributed by atoms with Crippen LogP contribution < -0.4 is 5.32 Å². The molecule has 0 saturated carbocycles. The number of aryl methyl sites for hydroxylation is 1. The topological polar surface area (TPSA) is 49.4 Å². The third-order valence-electron chi connectivity index (χ3n) is 5.08. The molecule has 0 aliphatic carbocycles. The zero-order valence-corrected chi connectivity index (χ0v) is 16.0. The Hall–Kier alpha value is -2.95. The Kier molecular flexibility index (Phi) is 6.58. The summed E-state index contributed by atoms with van der Waals surface area (Å²) in [5, 5.41) is 2.93. The lowest BCUT2D eigenvalue weighted by Gasteiger charge is -2.30. The molecule has 1 fully saturated rings. The minimum Gasteiger partial charge on any atom is -0.352 e. The summed E-state index contributed by atoms with van der Waals surface area (Å²) in [6.07, 6.45) is 4.71. The molecule has 0 aromatic heterocycles. The number of carbonyl (C=O) groups is 2. The van der Waals surface area contributed by atoms with Crippen LogP contribution in [0.4, 0.5) is 4.39 Å². The molecule has 2 amide bonds. The van der Waals surface area contributed by atoms with Crippen LogP contribution in [0.5, 0.6) is 0 Å². The Labute approximate surface area is 165 Å². The summed E-state index contributed by atoms with van der Waals surface area (Å²) < 4.78 is 13.3. The van der Waals surface area contributed by atoms with E-state index in [1.54, 1.807) is 30.0 Å². The van der Waals surface area contributed by atoms with Gasteiger partial charge in [0.2, 0.25) is 11.8 Å². The molecule has 0 bridgehead atoms. The lowest BCUT2D eigenvalue weighted by Crippen LogP contribution is -2.42. The Balaban J connectivity index is 1.45. The van der Waals surface area contributed by atoms with Crippen molar-refractivity contribution >= 4 is 17.9 Å². The quantitative estimate of drug-likeness (QED) is 0.804. The van der Waals surface area contributed by atoms with Crippen LogP contribution in [0.3, 0.4) is 0 Å². The monoisotopic (exact) mass is 380 g/mol. The second kappa shape index (κ2) is 9.31. The molecular formula is C23H25FN2O2. The van der Waals surface area contributed by atoms with Crippen LogP contribution in [-0.2, 0) is 16.1 Å². The summed E-state index contributed by atoms with van der Waals surface area (Å²) in [5.41, 5.74) is 2.44. The van der Waals surface area contributed by atoms with E-state index in [-0.39, 0.29) is 23.5 Å². The molecule has 3 rings (SSSR count). The van der Waals surface area contributed by atoms with E-state index in [2.05, 4.69) is 5.32 Å². The van der Waals surface area contributed by atoms with Crippen LogP contribution in [0.25, 0.3) is 6.08 Å². The average molecular weight is 380 g/mol. The van der Waals surface area contributed by atoms with Gasteiger partial charge in [0, 0.05) is 31.6 Å². The maximum absolute atomic E-state index is 13.3. The highest BCUT2D eigenvalue weighted by Crippen LogP contribution is 2.18. The Morgan fingerprint density at radius 2 is 1.86 bits per heavy atom. The SMILES string of the molecule is Cc1cc(CNC(=O)C2CCN(C(=O)/C=C/c3ccccc3)CC2)ccc1F. The first-order valence-electron chi connectivity index (χ1n) is 9.57. The molecule has 1 heterocycles. The number of halogens is 1. The van der Waals surface area contributed by atoms with Crippen LogP contribution in [0.2, 0.25) is 0 Å². The van der Waals surface area contributed by atoms with Gasteiger partial charge in [0.05, 0.1) is 0 Å². The maximum Gasteiger partial charge on any atom is 0.246 e. The number of rotatable bonds is 5. The van der Waals surface area contributed by atoms with Gasteiger partial charge in [-0.05, 0) is 48.6 Å². The maximum atomic E-state index is 13.3. The first-order valence-corrected chi connectivity index (χ1v) is 9.57. The number of hydrogen-bond donors (Lipinski definition) is 1. The van der Waals surface area contributed by atoms with Gasteiger partial charge in [-0.25, -0.2) is 4.39 Å². The van der Waals surface area contributed by atoms with Crippen molar-refractivity contribution < 1.29 is 14.0 Å². The van der Waals surface area contributed by atoms with Gasteiger partial charge < -0.3 is 10.2 Å². The lowest BCUT2D eigenvalue weighted by atomic mass is 9.95. The first kappa shape index (κ1) is 19.8. The number of piperidine rings is 1. The summed E-state index contributed by atoms with van der Waals surface area (Å²) >= 11 is 0. The van der Waals surface area contributed by atoms with Crippen molar-refractivity contribution in [1.29, 1.82) is 0 Å². The largest absolute Gasteiger partial charge is 0.352 e. The number of benzene rings is 2. The summed E-state index contributed by atoms with van der Waals surface area (Å²) in [6, 6.07) is 14.5. The number of hydrogen-bond acceptors (Lipinski definition) is 2. The van der Waals surface area contributed by atoms with Crippen LogP contribution >= 0.6 is 0 Å². The first-order chi connectivity index (χ1) is 13.5. The van der Waals surface area contributed by atoms with Crippen LogP contribution in [0.1, 0.15) is 29.5 Å². The zero-order chi connectivity index (χ0) is 19.9. The van der Waals surface area contributed by atoms with Gasteiger partial charge in [-0.15, -0.1) is 0 Å². The molecule has 1 aliphatic rings. The summed E-state index contributed by atoms with van der Waals surface area (Å²) in [6.45, 7) is 3.25. The molecule has 28 heavy (non-hydrogen) atoms. The van der Waals surface area contributed by atoms with E-state index in [0.29, 0.717) is 38.0 Å². The van der Waals surface area contributed by atoms with E-state index in [4.69, 9.17) is 0 Å². The second-order valence-electron chi connectivity index (χ2n) is 7.14. The van der Waals surface area contributed by atoms with E-state index >= 15 is 0 Å². The van der Waals surface area contributed by atoms with E-state index in [0.717, 1.165) is 11.1 Å². The van der Waals surface area contributed by atoms with E-state index in [1.165, 1.54) is 6.07 Å². The molecule has 0 spiro atoms. The Bertz CT molecular complexity index is 856. The van der Waals surface area contributed by atoms with Crippen molar-refractivity contribution in [3.8, 4) is 0 Å². The van der Waals surface area contributed by atoms with Crippen molar-refractivity contribution in [2.24, 2.45) is 5.92 Å². The van der Waals surface area contributed by atoms with Gasteiger partial charge in [0.1, 0.15) is 5.82 Å². The molecule has 4 nitrogen and oxygen atoms in total. The van der Waals surface area contributed by atoms with E-state index < -0.39 is 0 Å². The van der Waals surface area contributed by atoms with Crippen LogP contribution in [-0.4, -0.2) is 29.8 Å². The van der Waals surface area contributed by atoms with Crippen molar-refractivity contribution in [3.05, 3.63) is 77.1 Å². The molecule has 1 saturated heterocycles. The number of likely N-dealkylation sites (tertiary alicyclic amines) is 1. The van der Waals surface area contributed by atoms with Crippen molar-refractivity contribution in [2.45, 2.75) is 26.3 Å². The van der Waals surface area contributed by atoms with Gasteiger partial charge in [-0.1, -0.05) is 42.5 Å². The van der Waals surface area contributed by atoms with Crippen molar-refractivity contribution in [1.82, 2.24) is 10.2 Å². The third-order valence-corrected chi connectivity index (χ3v) is 5.08. The molecule has 0 atom stereocenters. The number of nitrogens with one attached hydrogen (secondary N) is 1. The summed E-state index contributed by atoms with van der Waals surface area (Å²) in [7, 11) is 0. The molecular weight excluding hydrogens is 355 g/mol. The fourth-order valence-corrected chi connectivity index (χ4v) is 3.35. The van der Waals surface area contributed by atoms with Gasteiger partial charge in [0.15, 0.2) is 0 Å². The fourth-order valence-electron chi connectivity index (χ4n) is 3.35. The molecule has 2 aromatic rings. The van der Waals surface area contributed by atoms with Crippen molar-refractivity contribution in [2.75, 3.05) is 13.1 Å². The van der Waals surface area contributed by atoms with Gasteiger partial charge in [0.25, 0.3) is 0 Å². The van der Waals surface area contributed by atoms with E-state index in [1.807, 2.05) is 36.4 Å². The minimum atomic E-state index is -0.242. The molecule has 1 N–H and O–H groups in total. The molecule has 146 valence electrons. The highest BCUT2D eigenvalue weighted by Gasteiger charge is 2.26. The Morgan fingerprint density at radius 1 is 1.14 bits per heavy atom. The Morgan fingerprint density at radius 3 is 2.54 bits per heavy atom. The van der Waals surface area contributed by atoms with Crippen LogP contribution in [0, 0.1) is 18.7 Å². The molecule has 0 radical (unpaired) electrons. The standard InChI is InChI=1S/C23H25FN2O2/c1-17-15-19(7-9-21(17)24)16-25-23(28)20-11-13-26(14-12-20)22(27)10-8-18-5-3-2-4-6-18/h2-10,15,20H,11-14,16H2,1H3,(H,25,28)/b10-8+. The predicted molar refractivity (Wildman–Crippen MR) is 108 cm³/mol. The highest BCUT2D eigenvalue weighted by molar-refractivity contribution is 5.92. The third kappa shape index (κ3) is 5.28. The second-order valence-corrected chi connectivity index (χ2v) is 7.14. The van der Waals surface area contributed by atoms with Crippen molar-refractivity contribution in [3.63, 3.8) is 0 Å². The summed E-state index contributed by atoms with van der Waals surface area (Å²) in [5.74, 6) is -0.365. The zero-order valence-electron chi connectivity index (χ0n) is 16.0. The molecule has 5 heteroatoms. The van der Waals surface area contributed by atoms with Gasteiger partial charge >= 0.3 is 0 Å². The highest BCUT2D eigenvalue weighted by atomic mass is 19.1. The van der Waals surface area contributed by atoms with E-state index in [9.17, 15) is 14.0 Å². The van der Waals surface area contributed by atoms with Gasteiger partial charge in [-0.3, -0.25) is 9.59 Å². The minimum absolute atomic E-state index is 0.00564.